The first kappa shape index (κ1) is 25.1. The summed E-state index contributed by atoms with van der Waals surface area (Å²) in [7, 11) is 0. The van der Waals surface area contributed by atoms with E-state index in [1.54, 1.807) is 11.1 Å². The number of fused-ring (bicyclic) bond motifs is 3. The maximum Gasteiger partial charge on any atom is 0.0215 e. The summed E-state index contributed by atoms with van der Waals surface area (Å²) in [4.78, 5) is 0. The van der Waals surface area contributed by atoms with Crippen LogP contribution in [-0.2, 0) is 5.41 Å². The normalized spacial score (nSPS) is 18.9. The Balaban J connectivity index is 1.97. The summed E-state index contributed by atoms with van der Waals surface area (Å²) >= 11 is 0. The van der Waals surface area contributed by atoms with Crippen LogP contribution in [0.3, 0.4) is 0 Å². The van der Waals surface area contributed by atoms with Gasteiger partial charge in [-0.2, -0.15) is 0 Å². The second-order valence-electron chi connectivity index (χ2n) is 10.6. The average Bonchev–Trinajstić information content (AvgIpc) is 3.09. The van der Waals surface area contributed by atoms with Gasteiger partial charge in [0.05, 0.1) is 0 Å². The summed E-state index contributed by atoms with van der Waals surface area (Å²) in [5.41, 5.74) is 7.89. The molecule has 0 bridgehead atoms. The Morgan fingerprint density at radius 3 is 1.78 bits per heavy atom. The van der Waals surface area contributed by atoms with E-state index >= 15 is 0 Å². The Morgan fingerprint density at radius 2 is 1.22 bits per heavy atom. The Bertz CT molecular complexity index is 810. The van der Waals surface area contributed by atoms with Crippen LogP contribution in [0.4, 0.5) is 0 Å². The molecule has 0 saturated heterocycles. The molecule has 0 N–H and O–H groups in total. The molecule has 0 fully saturated rings. The molecule has 0 heterocycles. The highest BCUT2D eigenvalue weighted by Crippen LogP contribution is 2.55. The van der Waals surface area contributed by atoms with Crippen LogP contribution in [0.15, 0.2) is 42.5 Å². The van der Waals surface area contributed by atoms with Gasteiger partial charge in [0.15, 0.2) is 0 Å². The van der Waals surface area contributed by atoms with Crippen LogP contribution < -0.4 is 0 Å². The van der Waals surface area contributed by atoms with E-state index in [-0.39, 0.29) is 5.41 Å². The number of unbranched alkanes of at least 4 members (excludes halogenated alkanes) is 2. The van der Waals surface area contributed by atoms with E-state index < -0.39 is 0 Å². The molecule has 1 aliphatic carbocycles. The van der Waals surface area contributed by atoms with Crippen LogP contribution in [0.1, 0.15) is 121 Å². The van der Waals surface area contributed by atoms with Crippen molar-refractivity contribution >= 4 is 0 Å². The molecule has 0 spiro atoms. The third kappa shape index (κ3) is 5.49. The maximum absolute atomic E-state index is 2.54. The molecular formula is C32H48. The van der Waals surface area contributed by atoms with Crippen molar-refractivity contribution in [1.29, 1.82) is 0 Å². The van der Waals surface area contributed by atoms with Crippen molar-refractivity contribution in [2.24, 2.45) is 11.8 Å². The molecule has 3 rings (SSSR count). The quantitative estimate of drug-likeness (QED) is 0.278. The number of hydrogen-bond donors (Lipinski definition) is 0. The van der Waals surface area contributed by atoms with Crippen molar-refractivity contribution < 1.29 is 0 Å². The molecule has 0 aliphatic heterocycles. The summed E-state index contributed by atoms with van der Waals surface area (Å²) in [5, 5.41) is 0. The molecule has 0 radical (unpaired) electrons. The van der Waals surface area contributed by atoms with Gasteiger partial charge in [-0.15, -0.1) is 0 Å². The Morgan fingerprint density at radius 1 is 0.656 bits per heavy atom. The van der Waals surface area contributed by atoms with Gasteiger partial charge >= 0.3 is 0 Å². The van der Waals surface area contributed by atoms with E-state index in [1.807, 2.05) is 0 Å². The predicted octanol–water partition coefficient (Wildman–Crippen LogP) is 10.3. The van der Waals surface area contributed by atoms with E-state index in [0.29, 0.717) is 0 Å². The van der Waals surface area contributed by atoms with Crippen LogP contribution in [-0.4, -0.2) is 0 Å². The first-order valence-corrected chi connectivity index (χ1v) is 13.8. The second kappa shape index (κ2) is 12.1. The van der Waals surface area contributed by atoms with E-state index in [2.05, 4.69) is 77.1 Å². The van der Waals surface area contributed by atoms with Crippen LogP contribution >= 0.6 is 0 Å². The van der Waals surface area contributed by atoms with Crippen molar-refractivity contribution in [1.82, 2.24) is 0 Å². The van der Waals surface area contributed by atoms with Crippen LogP contribution in [0.2, 0.25) is 0 Å². The smallest absolute Gasteiger partial charge is 0.0215 e. The molecule has 176 valence electrons. The molecule has 2 atom stereocenters. The minimum atomic E-state index is 0.206. The van der Waals surface area contributed by atoms with E-state index in [1.165, 1.54) is 93.7 Å². The highest BCUT2D eigenvalue weighted by molar-refractivity contribution is 5.81. The number of aryl methyl sites for hydroxylation is 1. The SMILES string of the molecule is CCCCC(CC)CCC1(CCC(CC)CCCC)c2ccccc2-c2ccc(C)cc21. The van der Waals surface area contributed by atoms with Gasteiger partial charge in [0.25, 0.3) is 0 Å². The molecule has 2 unspecified atom stereocenters. The summed E-state index contributed by atoms with van der Waals surface area (Å²) in [5.74, 6) is 1.74. The fourth-order valence-corrected chi connectivity index (χ4v) is 6.22. The van der Waals surface area contributed by atoms with Crippen molar-refractivity contribution in [3.8, 4) is 11.1 Å². The fourth-order valence-electron chi connectivity index (χ4n) is 6.22. The minimum absolute atomic E-state index is 0.206. The van der Waals surface area contributed by atoms with Gasteiger partial charge in [0.2, 0.25) is 0 Å². The first-order valence-electron chi connectivity index (χ1n) is 13.8. The van der Waals surface area contributed by atoms with E-state index in [4.69, 9.17) is 0 Å². The highest BCUT2D eigenvalue weighted by atomic mass is 14.5. The standard InChI is InChI=1S/C32H48/c1-6-10-14-26(8-3)20-22-32(23-21-27(9-4)15-11-7-2)30-17-13-12-16-28(30)29-19-18-25(5)24-31(29)32/h12-13,16-19,24,26-27H,6-11,14-15,20-23H2,1-5H3. The zero-order chi connectivity index (χ0) is 23.0. The summed E-state index contributed by atoms with van der Waals surface area (Å²) < 4.78 is 0. The molecule has 32 heavy (non-hydrogen) atoms. The molecule has 2 aromatic rings. The molecule has 2 aromatic carbocycles. The maximum atomic E-state index is 2.54. The zero-order valence-electron chi connectivity index (χ0n) is 21.7. The van der Waals surface area contributed by atoms with E-state index in [9.17, 15) is 0 Å². The lowest BCUT2D eigenvalue weighted by atomic mass is 9.68. The van der Waals surface area contributed by atoms with Crippen molar-refractivity contribution in [3.63, 3.8) is 0 Å². The van der Waals surface area contributed by atoms with Crippen molar-refractivity contribution in [3.05, 3.63) is 59.2 Å². The average molecular weight is 433 g/mol. The van der Waals surface area contributed by atoms with Gasteiger partial charge in [0.1, 0.15) is 0 Å². The van der Waals surface area contributed by atoms with Gasteiger partial charge in [-0.25, -0.2) is 0 Å². The largest absolute Gasteiger partial charge is 0.0654 e. The fraction of sp³-hybridized carbons (Fsp3) is 0.625. The highest BCUT2D eigenvalue weighted by Gasteiger charge is 2.42. The Hall–Kier alpha value is -1.56. The number of benzene rings is 2. The summed E-state index contributed by atoms with van der Waals surface area (Å²) in [6, 6.07) is 16.6. The monoisotopic (exact) mass is 432 g/mol. The van der Waals surface area contributed by atoms with E-state index in [0.717, 1.165) is 11.8 Å². The van der Waals surface area contributed by atoms with Gasteiger partial charge < -0.3 is 0 Å². The van der Waals surface area contributed by atoms with Crippen LogP contribution in [0.5, 0.6) is 0 Å². The van der Waals surface area contributed by atoms with Gasteiger partial charge in [0, 0.05) is 5.41 Å². The molecular weight excluding hydrogens is 384 g/mol. The van der Waals surface area contributed by atoms with Crippen molar-refractivity contribution in [2.45, 2.75) is 117 Å². The topological polar surface area (TPSA) is 0 Å². The van der Waals surface area contributed by atoms with Crippen LogP contribution in [0, 0.1) is 18.8 Å². The zero-order valence-corrected chi connectivity index (χ0v) is 21.7. The summed E-state index contributed by atoms with van der Waals surface area (Å²) in [6.45, 7) is 11.8. The third-order valence-electron chi connectivity index (χ3n) is 8.47. The summed E-state index contributed by atoms with van der Waals surface area (Å²) in [6.07, 6.45) is 16.2. The third-order valence-corrected chi connectivity index (χ3v) is 8.47. The van der Waals surface area contributed by atoms with Gasteiger partial charge in [-0.05, 0) is 66.7 Å². The Labute approximate surface area is 199 Å². The molecule has 0 amide bonds. The first-order chi connectivity index (χ1) is 15.6. The van der Waals surface area contributed by atoms with Crippen LogP contribution in [0.25, 0.3) is 11.1 Å². The lowest BCUT2D eigenvalue weighted by Gasteiger charge is -2.35. The lowest BCUT2D eigenvalue weighted by Crippen LogP contribution is -2.27. The van der Waals surface area contributed by atoms with Gasteiger partial charge in [-0.3, -0.25) is 0 Å². The van der Waals surface area contributed by atoms with Gasteiger partial charge in [-0.1, -0.05) is 127 Å². The molecule has 0 heteroatoms. The second-order valence-corrected chi connectivity index (χ2v) is 10.6. The number of rotatable bonds is 14. The minimum Gasteiger partial charge on any atom is -0.0654 e. The predicted molar refractivity (Wildman–Crippen MR) is 142 cm³/mol. The molecule has 0 saturated carbocycles. The molecule has 0 aromatic heterocycles. The molecule has 0 nitrogen and oxygen atoms in total. The lowest BCUT2D eigenvalue weighted by molar-refractivity contribution is 0.310. The van der Waals surface area contributed by atoms with Crippen molar-refractivity contribution in [2.75, 3.05) is 0 Å². The Kier molecular flexibility index (Phi) is 9.45. The molecule has 1 aliphatic rings. The number of hydrogen-bond acceptors (Lipinski definition) is 0.